The summed E-state index contributed by atoms with van der Waals surface area (Å²) in [7, 11) is 0. The molecule has 0 bridgehead atoms. The molecule has 84 valence electrons. The van der Waals surface area contributed by atoms with E-state index in [9.17, 15) is 4.79 Å². The number of carbonyl (C=O) groups excluding carboxylic acids is 1. The fourth-order valence-electron chi connectivity index (χ4n) is 2.26. The zero-order valence-electron chi connectivity index (χ0n) is 9.65. The van der Waals surface area contributed by atoms with Gasteiger partial charge in [0.1, 0.15) is 0 Å². The summed E-state index contributed by atoms with van der Waals surface area (Å²) in [5, 5.41) is 0. The largest absolute Gasteiger partial charge is 0.332 e. The molecule has 1 heterocycles. The van der Waals surface area contributed by atoms with Crippen molar-refractivity contribution in [2.75, 3.05) is 6.54 Å². The lowest BCUT2D eigenvalue weighted by atomic mass is 10.1. The standard InChI is InChI=1S/C14H17NO/c1-3-12-8-6-10-15(12)14(16)13-9-5-4-7-11(13)2/h3-5,7,9,12H,1,6,8,10H2,2H3/t12-/m1/s1. The molecule has 2 nitrogen and oxygen atoms in total. The zero-order chi connectivity index (χ0) is 11.5. The molecule has 1 aromatic carbocycles. The predicted molar refractivity (Wildman–Crippen MR) is 65.4 cm³/mol. The maximum absolute atomic E-state index is 12.3. The highest BCUT2D eigenvalue weighted by atomic mass is 16.2. The van der Waals surface area contributed by atoms with Gasteiger partial charge in [0.2, 0.25) is 0 Å². The molecule has 2 heteroatoms. The molecular formula is C14H17NO. The lowest BCUT2D eigenvalue weighted by Gasteiger charge is -2.22. The molecule has 1 atom stereocenters. The van der Waals surface area contributed by atoms with E-state index in [0.717, 1.165) is 30.5 Å². The Hall–Kier alpha value is -1.57. The second-order valence-corrected chi connectivity index (χ2v) is 4.26. The Labute approximate surface area is 96.6 Å². The fraction of sp³-hybridized carbons (Fsp3) is 0.357. The number of benzene rings is 1. The first-order valence-electron chi connectivity index (χ1n) is 5.73. The van der Waals surface area contributed by atoms with Crippen molar-refractivity contribution in [2.24, 2.45) is 0 Å². The van der Waals surface area contributed by atoms with Crippen LogP contribution in [-0.4, -0.2) is 23.4 Å². The van der Waals surface area contributed by atoms with Crippen LogP contribution in [0.15, 0.2) is 36.9 Å². The minimum absolute atomic E-state index is 0.139. The number of hydrogen-bond acceptors (Lipinski definition) is 1. The topological polar surface area (TPSA) is 20.3 Å². The smallest absolute Gasteiger partial charge is 0.254 e. The van der Waals surface area contributed by atoms with Gasteiger partial charge in [0, 0.05) is 12.1 Å². The van der Waals surface area contributed by atoms with Gasteiger partial charge in [-0.3, -0.25) is 4.79 Å². The SMILES string of the molecule is C=C[C@@H]1CCCN1C(=O)c1ccccc1C. The van der Waals surface area contributed by atoms with Crippen molar-refractivity contribution in [1.29, 1.82) is 0 Å². The highest BCUT2D eigenvalue weighted by Crippen LogP contribution is 2.21. The van der Waals surface area contributed by atoms with Crippen molar-refractivity contribution >= 4 is 5.91 Å². The van der Waals surface area contributed by atoms with Gasteiger partial charge in [0.25, 0.3) is 5.91 Å². The summed E-state index contributed by atoms with van der Waals surface area (Å²) in [6.45, 7) is 6.63. The van der Waals surface area contributed by atoms with Crippen molar-refractivity contribution in [3.63, 3.8) is 0 Å². The van der Waals surface area contributed by atoms with E-state index >= 15 is 0 Å². The van der Waals surface area contributed by atoms with Gasteiger partial charge in [-0.05, 0) is 31.4 Å². The monoisotopic (exact) mass is 215 g/mol. The number of likely N-dealkylation sites (tertiary alicyclic amines) is 1. The van der Waals surface area contributed by atoms with Crippen molar-refractivity contribution in [1.82, 2.24) is 4.90 Å². The van der Waals surface area contributed by atoms with Crippen LogP contribution >= 0.6 is 0 Å². The third-order valence-corrected chi connectivity index (χ3v) is 3.21. The minimum atomic E-state index is 0.139. The quantitative estimate of drug-likeness (QED) is 0.695. The Morgan fingerprint density at radius 3 is 2.94 bits per heavy atom. The van der Waals surface area contributed by atoms with Crippen LogP contribution in [0.4, 0.5) is 0 Å². The molecule has 2 rings (SSSR count). The maximum atomic E-state index is 12.3. The predicted octanol–water partition coefficient (Wildman–Crippen LogP) is 2.79. The van der Waals surface area contributed by atoms with Crippen LogP contribution in [0.3, 0.4) is 0 Å². The number of rotatable bonds is 2. The first-order chi connectivity index (χ1) is 7.74. The second-order valence-electron chi connectivity index (χ2n) is 4.26. The summed E-state index contributed by atoms with van der Waals surface area (Å²) in [5.74, 6) is 0.139. The Morgan fingerprint density at radius 1 is 1.50 bits per heavy atom. The van der Waals surface area contributed by atoms with Gasteiger partial charge in [0.15, 0.2) is 0 Å². The summed E-state index contributed by atoms with van der Waals surface area (Å²) in [6.07, 6.45) is 4.00. The Morgan fingerprint density at radius 2 is 2.25 bits per heavy atom. The maximum Gasteiger partial charge on any atom is 0.254 e. The molecule has 0 aromatic heterocycles. The molecule has 16 heavy (non-hydrogen) atoms. The number of amides is 1. The molecule has 1 aromatic rings. The molecule has 0 radical (unpaired) electrons. The average molecular weight is 215 g/mol. The van der Waals surface area contributed by atoms with Crippen LogP contribution in [0.1, 0.15) is 28.8 Å². The lowest BCUT2D eigenvalue weighted by Crippen LogP contribution is -2.34. The van der Waals surface area contributed by atoms with Crippen molar-refractivity contribution in [2.45, 2.75) is 25.8 Å². The molecule has 1 saturated heterocycles. The van der Waals surface area contributed by atoms with Gasteiger partial charge in [-0.25, -0.2) is 0 Å². The molecule has 0 N–H and O–H groups in total. The second kappa shape index (κ2) is 4.52. The van der Waals surface area contributed by atoms with Crippen molar-refractivity contribution in [3.8, 4) is 0 Å². The molecule has 1 aliphatic rings. The summed E-state index contributed by atoms with van der Waals surface area (Å²) >= 11 is 0. The van der Waals surface area contributed by atoms with E-state index in [1.165, 1.54) is 0 Å². The van der Waals surface area contributed by atoms with Gasteiger partial charge in [-0.15, -0.1) is 6.58 Å². The van der Waals surface area contributed by atoms with Gasteiger partial charge in [0.05, 0.1) is 6.04 Å². The third-order valence-electron chi connectivity index (χ3n) is 3.21. The van der Waals surface area contributed by atoms with Gasteiger partial charge >= 0.3 is 0 Å². The van der Waals surface area contributed by atoms with E-state index in [4.69, 9.17) is 0 Å². The zero-order valence-corrected chi connectivity index (χ0v) is 9.65. The summed E-state index contributed by atoms with van der Waals surface area (Å²) in [5.41, 5.74) is 1.86. The van der Waals surface area contributed by atoms with Crippen LogP contribution in [-0.2, 0) is 0 Å². The van der Waals surface area contributed by atoms with E-state index in [-0.39, 0.29) is 11.9 Å². The van der Waals surface area contributed by atoms with Crippen LogP contribution in [0.5, 0.6) is 0 Å². The van der Waals surface area contributed by atoms with Crippen molar-refractivity contribution < 1.29 is 4.79 Å². The average Bonchev–Trinajstić information content (AvgIpc) is 2.77. The summed E-state index contributed by atoms with van der Waals surface area (Å²) in [6, 6.07) is 7.97. The molecule has 0 aliphatic carbocycles. The highest BCUT2D eigenvalue weighted by Gasteiger charge is 2.27. The number of nitrogens with zero attached hydrogens (tertiary/aromatic N) is 1. The van der Waals surface area contributed by atoms with Crippen LogP contribution in [0.2, 0.25) is 0 Å². The van der Waals surface area contributed by atoms with Crippen LogP contribution in [0, 0.1) is 6.92 Å². The molecule has 1 aliphatic heterocycles. The number of hydrogen-bond donors (Lipinski definition) is 0. The van der Waals surface area contributed by atoms with Crippen LogP contribution in [0.25, 0.3) is 0 Å². The first kappa shape index (κ1) is 10.9. The fourth-order valence-corrected chi connectivity index (χ4v) is 2.26. The van der Waals surface area contributed by atoms with Gasteiger partial charge in [-0.2, -0.15) is 0 Å². The Kier molecular flexibility index (Phi) is 3.09. The van der Waals surface area contributed by atoms with Crippen molar-refractivity contribution in [3.05, 3.63) is 48.0 Å². The molecule has 0 spiro atoms. The van der Waals surface area contributed by atoms with Gasteiger partial charge < -0.3 is 4.90 Å². The third kappa shape index (κ3) is 1.87. The Bertz CT molecular complexity index is 411. The van der Waals surface area contributed by atoms with E-state index in [1.807, 2.05) is 42.2 Å². The molecule has 0 unspecified atom stereocenters. The normalized spacial score (nSPS) is 19.8. The van der Waals surface area contributed by atoms with E-state index in [1.54, 1.807) is 0 Å². The number of carbonyl (C=O) groups is 1. The van der Waals surface area contributed by atoms with Gasteiger partial charge in [-0.1, -0.05) is 24.3 Å². The molecule has 1 amide bonds. The lowest BCUT2D eigenvalue weighted by molar-refractivity contribution is 0.0761. The molecule has 1 fully saturated rings. The molecular weight excluding hydrogens is 198 g/mol. The van der Waals surface area contributed by atoms with E-state index in [2.05, 4.69) is 6.58 Å². The minimum Gasteiger partial charge on any atom is -0.332 e. The molecule has 0 saturated carbocycles. The summed E-state index contributed by atoms with van der Waals surface area (Å²) in [4.78, 5) is 14.2. The summed E-state index contributed by atoms with van der Waals surface area (Å²) < 4.78 is 0. The van der Waals surface area contributed by atoms with E-state index < -0.39 is 0 Å². The van der Waals surface area contributed by atoms with Crippen LogP contribution < -0.4 is 0 Å². The number of aryl methyl sites for hydroxylation is 1. The van der Waals surface area contributed by atoms with E-state index in [0.29, 0.717) is 0 Å². The Balaban J connectivity index is 2.25. The first-order valence-corrected chi connectivity index (χ1v) is 5.73. The highest BCUT2D eigenvalue weighted by molar-refractivity contribution is 5.96.